The number of aromatic nitrogens is 4. The van der Waals surface area contributed by atoms with E-state index in [0.717, 1.165) is 16.1 Å². The summed E-state index contributed by atoms with van der Waals surface area (Å²) in [7, 11) is 3.64. The maximum absolute atomic E-state index is 12.6. The van der Waals surface area contributed by atoms with E-state index in [1.807, 2.05) is 32.3 Å². The lowest BCUT2D eigenvalue weighted by molar-refractivity contribution is 0.0737. The van der Waals surface area contributed by atoms with Gasteiger partial charge >= 0.3 is 0 Å². The van der Waals surface area contributed by atoms with Gasteiger partial charge in [-0.15, -0.1) is 11.3 Å². The number of amides is 1. The number of carbonyl (C=O) groups is 1. The molecule has 1 amide bonds. The molecule has 0 spiro atoms. The maximum Gasteiger partial charge on any atom is 0.273 e. The summed E-state index contributed by atoms with van der Waals surface area (Å²) in [6.07, 6.45) is 7.09. The minimum atomic E-state index is -0.0966. The first-order chi connectivity index (χ1) is 11.1. The molecule has 23 heavy (non-hydrogen) atoms. The summed E-state index contributed by atoms with van der Waals surface area (Å²) >= 11 is 1.45. The van der Waals surface area contributed by atoms with E-state index in [1.165, 1.54) is 11.3 Å². The molecule has 0 N–H and O–H groups in total. The van der Waals surface area contributed by atoms with E-state index < -0.39 is 0 Å². The molecule has 0 aromatic carbocycles. The molecule has 3 aromatic rings. The fourth-order valence-electron chi connectivity index (χ4n) is 2.26. The van der Waals surface area contributed by atoms with Crippen LogP contribution in [0.3, 0.4) is 0 Å². The third kappa shape index (κ3) is 3.14. The van der Waals surface area contributed by atoms with Crippen LogP contribution in [0, 0.1) is 0 Å². The molecule has 0 radical (unpaired) electrons. The number of hydrogen-bond donors (Lipinski definition) is 0. The Balaban J connectivity index is 1.79. The molecule has 0 fully saturated rings. The highest BCUT2D eigenvalue weighted by Gasteiger charge is 2.21. The number of nitrogens with zero attached hydrogens (tertiary/aromatic N) is 5. The van der Waals surface area contributed by atoms with Gasteiger partial charge in [0.15, 0.2) is 0 Å². The molecule has 6 nitrogen and oxygen atoms in total. The van der Waals surface area contributed by atoms with Crippen molar-refractivity contribution in [3.05, 3.63) is 53.6 Å². The normalized spacial score (nSPS) is 12.1. The summed E-state index contributed by atoms with van der Waals surface area (Å²) in [5.74, 6) is -0.0966. The Bertz CT molecular complexity index is 811. The number of hydrogen-bond acceptors (Lipinski definition) is 5. The van der Waals surface area contributed by atoms with E-state index in [9.17, 15) is 4.79 Å². The van der Waals surface area contributed by atoms with Crippen LogP contribution in [0.2, 0.25) is 0 Å². The lowest BCUT2D eigenvalue weighted by atomic mass is 10.1. The Morgan fingerprint density at radius 2 is 2.09 bits per heavy atom. The molecule has 1 unspecified atom stereocenters. The summed E-state index contributed by atoms with van der Waals surface area (Å²) in [6, 6.07) is 3.78. The first-order valence-corrected chi connectivity index (χ1v) is 8.06. The molecule has 0 saturated heterocycles. The molecule has 0 aliphatic heterocycles. The van der Waals surface area contributed by atoms with Gasteiger partial charge in [-0.25, -0.2) is 4.98 Å². The molecule has 3 aromatic heterocycles. The van der Waals surface area contributed by atoms with Crippen LogP contribution in [0.5, 0.6) is 0 Å². The standard InChI is InChI=1S/C16H17N5OS/c1-11(12-4-6-17-7-5-12)21(3)16(22)14-10-23-15(19-14)13-8-18-20(2)9-13/h4-11H,1-3H3. The highest BCUT2D eigenvalue weighted by molar-refractivity contribution is 7.13. The van der Waals surface area contributed by atoms with E-state index in [0.29, 0.717) is 5.69 Å². The van der Waals surface area contributed by atoms with Gasteiger partial charge in [0, 0.05) is 43.6 Å². The Kier molecular flexibility index (Phi) is 4.20. The lowest BCUT2D eigenvalue weighted by Gasteiger charge is -2.24. The Morgan fingerprint density at radius 3 is 2.74 bits per heavy atom. The summed E-state index contributed by atoms with van der Waals surface area (Å²) in [4.78, 5) is 22.8. The van der Waals surface area contributed by atoms with Crippen LogP contribution in [0.1, 0.15) is 29.0 Å². The van der Waals surface area contributed by atoms with Gasteiger partial charge in [0.1, 0.15) is 10.7 Å². The fourth-order valence-corrected chi connectivity index (χ4v) is 3.03. The topological polar surface area (TPSA) is 63.9 Å². The SMILES string of the molecule is CC(c1ccncc1)N(C)C(=O)c1csc(-c2cnn(C)c2)n1. The van der Waals surface area contributed by atoms with Crippen LogP contribution in [0.4, 0.5) is 0 Å². The second kappa shape index (κ2) is 6.29. The molecule has 0 aliphatic carbocycles. The summed E-state index contributed by atoms with van der Waals surface area (Å²) in [5, 5.41) is 6.72. The highest BCUT2D eigenvalue weighted by Crippen LogP contribution is 2.25. The monoisotopic (exact) mass is 327 g/mol. The van der Waals surface area contributed by atoms with Gasteiger partial charge in [0.25, 0.3) is 5.91 Å². The second-order valence-electron chi connectivity index (χ2n) is 5.31. The molecule has 7 heteroatoms. The van der Waals surface area contributed by atoms with Crippen molar-refractivity contribution in [2.24, 2.45) is 7.05 Å². The van der Waals surface area contributed by atoms with E-state index in [4.69, 9.17) is 0 Å². The van der Waals surface area contributed by atoms with E-state index in [2.05, 4.69) is 15.1 Å². The van der Waals surface area contributed by atoms with Crippen molar-refractivity contribution in [2.45, 2.75) is 13.0 Å². The molecule has 3 heterocycles. The predicted molar refractivity (Wildman–Crippen MR) is 89.1 cm³/mol. The zero-order valence-corrected chi connectivity index (χ0v) is 14.0. The van der Waals surface area contributed by atoms with Crippen LogP contribution in [-0.4, -0.2) is 37.6 Å². The van der Waals surface area contributed by atoms with Crippen molar-refractivity contribution in [3.63, 3.8) is 0 Å². The van der Waals surface area contributed by atoms with Crippen LogP contribution in [-0.2, 0) is 7.05 Å². The molecule has 0 saturated carbocycles. The van der Waals surface area contributed by atoms with Crippen molar-refractivity contribution in [1.29, 1.82) is 0 Å². The zero-order chi connectivity index (χ0) is 16.4. The van der Waals surface area contributed by atoms with E-state index in [1.54, 1.807) is 40.6 Å². The first kappa shape index (κ1) is 15.4. The van der Waals surface area contributed by atoms with Crippen molar-refractivity contribution < 1.29 is 4.79 Å². The Labute approximate surface area is 138 Å². The molecule has 0 bridgehead atoms. The lowest BCUT2D eigenvalue weighted by Crippen LogP contribution is -2.29. The van der Waals surface area contributed by atoms with Crippen LogP contribution in [0.25, 0.3) is 10.6 Å². The first-order valence-electron chi connectivity index (χ1n) is 7.18. The Hall–Kier alpha value is -2.54. The molecule has 1 atom stereocenters. The van der Waals surface area contributed by atoms with Crippen LogP contribution < -0.4 is 0 Å². The number of pyridine rings is 1. The van der Waals surface area contributed by atoms with Crippen molar-refractivity contribution >= 4 is 17.2 Å². The van der Waals surface area contributed by atoms with Crippen molar-refractivity contribution in [3.8, 4) is 10.6 Å². The largest absolute Gasteiger partial charge is 0.334 e. The summed E-state index contributed by atoms with van der Waals surface area (Å²) < 4.78 is 1.72. The highest BCUT2D eigenvalue weighted by atomic mass is 32.1. The van der Waals surface area contributed by atoms with Crippen LogP contribution in [0.15, 0.2) is 42.3 Å². The van der Waals surface area contributed by atoms with E-state index >= 15 is 0 Å². The third-order valence-corrected chi connectivity index (χ3v) is 4.66. The minimum absolute atomic E-state index is 0.0472. The smallest absolute Gasteiger partial charge is 0.273 e. The van der Waals surface area contributed by atoms with Gasteiger partial charge in [-0.3, -0.25) is 14.5 Å². The quantitative estimate of drug-likeness (QED) is 0.739. The van der Waals surface area contributed by atoms with Gasteiger partial charge in [-0.2, -0.15) is 5.10 Å². The predicted octanol–water partition coefficient (Wildman–Crippen LogP) is 2.77. The molecule has 0 aliphatic rings. The minimum Gasteiger partial charge on any atom is -0.334 e. The number of carbonyl (C=O) groups excluding carboxylic acids is 1. The second-order valence-corrected chi connectivity index (χ2v) is 6.17. The average Bonchev–Trinajstić information content (AvgIpc) is 3.22. The molecular formula is C16H17N5OS. The van der Waals surface area contributed by atoms with Gasteiger partial charge < -0.3 is 4.90 Å². The van der Waals surface area contributed by atoms with Gasteiger partial charge in [0.05, 0.1) is 12.2 Å². The van der Waals surface area contributed by atoms with Gasteiger partial charge in [0.2, 0.25) is 0 Å². The number of thiazole rings is 1. The zero-order valence-electron chi connectivity index (χ0n) is 13.2. The summed E-state index contributed by atoms with van der Waals surface area (Å²) in [6.45, 7) is 1.99. The molecule has 118 valence electrons. The number of aryl methyl sites for hydroxylation is 1. The fraction of sp³-hybridized carbons (Fsp3) is 0.250. The van der Waals surface area contributed by atoms with Gasteiger partial charge in [-0.1, -0.05) is 0 Å². The average molecular weight is 327 g/mol. The van der Waals surface area contributed by atoms with Crippen molar-refractivity contribution in [2.75, 3.05) is 7.05 Å². The summed E-state index contributed by atoms with van der Waals surface area (Å²) in [5.41, 5.74) is 2.41. The molecular weight excluding hydrogens is 310 g/mol. The van der Waals surface area contributed by atoms with E-state index in [-0.39, 0.29) is 11.9 Å². The molecule has 3 rings (SSSR count). The van der Waals surface area contributed by atoms with Crippen molar-refractivity contribution in [1.82, 2.24) is 24.6 Å². The van der Waals surface area contributed by atoms with Gasteiger partial charge in [-0.05, 0) is 24.6 Å². The maximum atomic E-state index is 12.6. The Morgan fingerprint density at radius 1 is 1.35 bits per heavy atom. The number of rotatable bonds is 4. The third-order valence-electron chi connectivity index (χ3n) is 3.76. The van der Waals surface area contributed by atoms with Crippen LogP contribution >= 0.6 is 11.3 Å².